The number of allylic oxidation sites excluding steroid dienone is 1. The second-order valence-corrected chi connectivity index (χ2v) is 2.80. The summed E-state index contributed by atoms with van der Waals surface area (Å²) in [6.07, 6.45) is 4.81. The first-order chi connectivity index (χ1) is 5.74. The molecule has 0 saturated carbocycles. The average molecular weight is 190 g/mol. The van der Waals surface area contributed by atoms with Gasteiger partial charge in [0.15, 0.2) is 0 Å². The van der Waals surface area contributed by atoms with Crippen molar-refractivity contribution in [3.8, 4) is 12.0 Å². The van der Waals surface area contributed by atoms with Crippen LogP contribution in [0.15, 0.2) is 12.2 Å². The van der Waals surface area contributed by atoms with Gasteiger partial charge in [-0.1, -0.05) is 6.08 Å². The zero-order valence-corrected chi connectivity index (χ0v) is 7.87. The molecule has 12 heavy (non-hydrogen) atoms. The molecule has 2 N–H and O–H groups in total. The maximum absolute atomic E-state index is 8.93. The molecule has 0 rings (SSSR count). The van der Waals surface area contributed by atoms with Gasteiger partial charge in [-0.15, -0.1) is 0 Å². The third kappa shape index (κ3) is 3.21. The van der Waals surface area contributed by atoms with E-state index in [9.17, 15) is 0 Å². The van der Waals surface area contributed by atoms with Crippen LogP contribution in [0.2, 0.25) is 0 Å². The van der Waals surface area contributed by atoms with Crippen molar-refractivity contribution >= 4 is 8.81 Å². The molecule has 0 aliphatic rings. The van der Waals surface area contributed by atoms with E-state index in [2.05, 4.69) is 10.8 Å². The first-order valence-corrected chi connectivity index (χ1v) is 4.12. The zero-order valence-electron chi connectivity index (χ0n) is 6.87. The maximum atomic E-state index is 8.93. The monoisotopic (exact) mass is 190 g/mol. The van der Waals surface area contributed by atoms with Crippen molar-refractivity contribution in [1.29, 1.82) is 0 Å². The zero-order chi connectivity index (χ0) is 9.45. The van der Waals surface area contributed by atoms with Crippen molar-refractivity contribution in [3.63, 3.8) is 0 Å². The second kappa shape index (κ2) is 5.99. The van der Waals surface area contributed by atoms with E-state index in [4.69, 9.17) is 14.9 Å². The second-order valence-electron chi connectivity index (χ2n) is 1.83. The van der Waals surface area contributed by atoms with E-state index >= 15 is 0 Å². The molecule has 0 spiro atoms. The Hall–Kier alpha value is -0.590. The van der Waals surface area contributed by atoms with Crippen molar-refractivity contribution in [2.45, 2.75) is 12.3 Å². The Morgan fingerprint density at radius 1 is 1.58 bits per heavy atom. The van der Waals surface area contributed by atoms with Crippen LogP contribution in [0.5, 0.6) is 0 Å². The smallest absolute Gasteiger partial charge is 0.224 e. The molecule has 0 aromatic rings. The Morgan fingerprint density at radius 2 is 2.25 bits per heavy atom. The first-order valence-electron chi connectivity index (χ1n) is 3.18. The van der Waals surface area contributed by atoms with E-state index in [-0.39, 0.29) is 0 Å². The number of aliphatic hydroxyl groups excluding tert-OH is 1. The maximum Gasteiger partial charge on any atom is 0.224 e. The lowest BCUT2D eigenvalue weighted by Crippen LogP contribution is -2.21. The van der Waals surface area contributed by atoms with E-state index in [0.717, 1.165) is 0 Å². The van der Waals surface area contributed by atoms with Crippen LogP contribution in [-0.2, 0) is 9.78 Å². The standard InChI is InChI=1S/C7H11O4P/c1-3-4-7(12-9,5-6-8)11-10-2/h3-4,8-9,12H,1-2H3. The SMILES string of the molecule is CC=CC(C#CO)(OOC)PO. The molecule has 4 nitrogen and oxygen atoms in total. The van der Waals surface area contributed by atoms with Crippen LogP contribution >= 0.6 is 8.81 Å². The van der Waals surface area contributed by atoms with Gasteiger partial charge < -0.3 is 10.00 Å². The van der Waals surface area contributed by atoms with Crippen molar-refractivity contribution in [1.82, 2.24) is 0 Å². The summed E-state index contributed by atoms with van der Waals surface area (Å²) in [4.78, 5) is 18.0. The average Bonchev–Trinajstić information content (AvgIpc) is 2.06. The lowest BCUT2D eigenvalue weighted by molar-refractivity contribution is -0.293. The normalized spacial score (nSPS) is 16.2. The van der Waals surface area contributed by atoms with Crippen LogP contribution in [-0.4, -0.2) is 22.5 Å². The molecule has 0 radical (unpaired) electrons. The number of hydrogen-bond acceptors (Lipinski definition) is 4. The molecule has 0 heterocycles. The van der Waals surface area contributed by atoms with Crippen molar-refractivity contribution in [2.75, 3.05) is 7.11 Å². The van der Waals surface area contributed by atoms with Crippen molar-refractivity contribution < 1.29 is 19.8 Å². The highest BCUT2D eigenvalue weighted by Crippen LogP contribution is 2.30. The molecular weight excluding hydrogens is 179 g/mol. The fraction of sp³-hybridized carbons (Fsp3) is 0.429. The first kappa shape index (κ1) is 11.4. The lowest BCUT2D eigenvalue weighted by atomic mass is 10.3. The minimum Gasteiger partial charge on any atom is -0.462 e. The molecule has 0 bridgehead atoms. The van der Waals surface area contributed by atoms with E-state index in [0.29, 0.717) is 0 Å². The largest absolute Gasteiger partial charge is 0.462 e. The van der Waals surface area contributed by atoms with Crippen LogP contribution in [0.3, 0.4) is 0 Å². The predicted octanol–water partition coefficient (Wildman–Crippen LogP) is 0.756. The summed E-state index contributed by atoms with van der Waals surface area (Å²) in [6, 6.07) is 0. The van der Waals surface area contributed by atoms with Gasteiger partial charge in [-0.3, -0.25) is 0 Å². The molecule has 0 aliphatic heterocycles. The summed E-state index contributed by atoms with van der Waals surface area (Å²) < 4.78 is 0. The molecule has 0 fully saturated rings. The molecule has 5 heteroatoms. The minimum atomic E-state index is -1.24. The number of hydrogen-bond donors (Lipinski definition) is 2. The third-order valence-corrected chi connectivity index (χ3v) is 1.73. The Balaban J connectivity index is 4.58. The quantitative estimate of drug-likeness (QED) is 0.226. The summed E-state index contributed by atoms with van der Waals surface area (Å²) in [5.74, 6) is 2.28. The van der Waals surface area contributed by atoms with E-state index < -0.39 is 14.1 Å². The molecule has 0 saturated heterocycles. The summed E-state index contributed by atoms with van der Waals surface area (Å²) in [5, 5.41) is 7.11. The molecule has 0 aliphatic carbocycles. The number of rotatable bonds is 4. The van der Waals surface area contributed by atoms with E-state index in [1.54, 1.807) is 19.1 Å². The summed E-state index contributed by atoms with van der Waals surface area (Å²) in [7, 11) is 0.675. The number of aliphatic hydroxyl groups is 1. The van der Waals surface area contributed by atoms with Gasteiger partial charge in [0, 0.05) is 0 Å². The summed E-state index contributed by atoms with van der Waals surface area (Å²) >= 11 is 0. The molecule has 2 unspecified atom stereocenters. The predicted molar refractivity (Wildman–Crippen MR) is 45.9 cm³/mol. The van der Waals surface area contributed by atoms with Gasteiger partial charge in [-0.25, -0.2) is 9.78 Å². The van der Waals surface area contributed by atoms with Crippen LogP contribution in [0.4, 0.5) is 0 Å². The highest BCUT2D eigenvalue weighted by Gasteiger charge is 2.26. The van der Waals surface area contributed by atoms with Gasteiger partial charge in [0.2, 0.25) is 5.34 Å². The lowest BCUT2D eigenvalue weighted by Gasteiger charge is -2.18. The van der Waals surface area contributed by atoms with Crippen LogP contribution in [0.25, 0.3) is 0 Å². The highest BCUT2D eigenvalue weighted by atomic mass is 31.1. The Morgan fingerprint density at radius 3 is 2.58 bits per heavy atom. The van der Waals surface area contributed by atoms with Crippen molar-refractivity contribution in [3.05, 3.63) is 12.2 Å². The van der Waals surface area contributed by atoms with Gasteiger partial charge in [-0.05, 0) is 18.9 Å². The Labute approximate surface area is 73.0 Å². The fourth-order valence-electron chi connectivity index (χ4n) is 0.623. The molecule has 0 aromatic heterocycles. The highest BCUT2D eigenvalue weighted by molar-refractivity contribution is 7.33. The molecule has 0 aromatic carbocycles. The van der Waals surface area contributed by atoms with Gasteiger partial charge >= 0.3 is 0 Å². The van der Waals surface area contributed by atoms with Crippen LogP contribution < -0.4 is 0 Å². The van der Waals surface area contributed by atoms with E-state index in [1.165, 1.54) is 13.2 Å². The molecular formula is C7H11O4P. The van der Waals surface area contributed by atoms with Crippen LogP contribution in [0.1, 0.15) is 6.92 Å². The van der Waals surface area contributed by atoms with Gasteiger partial charge in [0.05, 0.1) is 15.9 Å². The summed E-state index contributed by atoms with van der Waals surface area (Å²) in [5.41, 5.74) is 0. The van der Waals surface area contributed by atoms with Gasteiger partial charge in [0.25, 0.3) is 0 Å². The third-order valence-electron chi connectivity index (χ3n) is 1.02. The van der Waals surface area contributed by atoms with E-state index in [1.807, 2.05) is 0 Å². The van der Waals surface area contributed by atoms with Crippen LogP contribution in [0, 0.1) is 12.0 Å². The Kier molecular flexibility index (Phi) is 5.69. The topological polar surface area (TPSA) is 58.9 Å². The minimum absolute atomic E-state index is 0.628. The summed E-state index contributed by atoms with van der Waals surface area (Å²) in [6.45, 7) is 1.74. The van der Waals surface area contributed by atoms with Gasteiger partial charge in [-0.2, -0.15) is 0 Å². The van der Waals surface area contributed by atoms with Crippen molar-refractivity contribution in [2.24, 2.45) is 0 Å². The molecule has 0 amide bonds. The Bertz CT molecular complexity index is 205. The fourth-order valence-corrected chi connectivity index (χ4v) is 1.10. The van der Waals surface area contributed by atoms with Gasteiger partial charge in [0.1, 0.15) is 6.11 Å². The molecule has 2 atom stereocenters. The molecule has 68 valence electrons.